The molecule has 3 aromatic rings. The van der Waals surface area contributed by atoms with Crippen LogP contribution in [0.25, 0.3) is 11.1 Å². The van der Waals surface area contributed by atoms with E-state index in [-0.39, 0.29) is 0 Å². The Hall–Kier alpha value is -2.60. The van der Waals surface area contributed by atoms with Crippen LogP contribution in [-0.4, -0.2) is 10.9 Å². The summed E-state index contributed by atoms with van der Waals surface area (Å²) in [6, 6.07) is 12.0. The van der Waals surface area contributed by atoms with Gasteiger partial charge in [0.25, 0.3) is 5.91 Å². The third kappa shape index (κ3) is 3.33. The summed E-state index contributed by atoms with van der Waals surface area (Å²) in [6.45, 7) is 0. The molecule has 1 aromatic heterocycles. The Morgan fingerprint density at radius 1 is 1.00 bits per heavy atom. The van der Waals surface area contributed by atoms with Gasteiger partial charge in [-0.25, -0.2) is 8.78 Å². The number of rotatable bonds is 3. The number of nitrogens with one attached hydrogen (secondary N) is 1. The molecule has 2 aromatic carbocycles. The first-order valence-corrected chi connectivity index (χ1v) is 7.81. The fourth-order valence-electron chi connectivity index (χ4n) is 2.23. The average molecular weight is 389 g/mol. The van der Waals surface area contributed by atoms with Crippen molar-refractivity contribution in [3.05, 3.63) is 82.6 Å². The van der Waals surface area contributed by atoms with Crippen LogP contribution < -0.4 is 5.32 Å². The molecule has 0 radical (unpaired) electrons. The molecule has 0 spiro atoms. The van der Waals surface area contributed by atoms with E-state index in [1.54, 1.807) is 36.7 Å². The minimum absolute atomic E-state index is 0.436. The summed E-state index contributed by atoms with van der Waals surface area (Å²) in [5.74, 6) is -2.63. The number of hydrogen-bond acceptors (Lipinski definition) is 2. The lowest BCUT2D eigenvalue weighted by Gasteiger charge is -2.09. The quantitative estimate of drug-likeness (QED) is 0.682. The molecule has 1 N–H and O–H groups in total. The second-order valence-electron chi connectivity index (χ2n) is 4.98. The monoisotopic (exact) mass is 388 g/mol. The number of benzene rings is 2. The molecule has 0 aliphatic heterocycles. The van der Waals surface area contributed by atoms with Gasteiger partial charge < -0.3 is 5.32 Å². The molecule has 0 saturated heterocycles. The number of pyridine rings is 1. The van der Waals surface area contributed by atoms with Gasteiger partial charge in [-0.1, -0.05) is 34.1 Å². The van der Waals surface area contributed by atoms with Crippen LogP contribution in [0.4, 0.5) is 14.5 Å². The Morgan fingerprint density at radius 3 is 2.29 bits per heavy atom. The van der Waals surface area contributed by atoms with Crippen molar-refractivity contribution in [3.8, 4) is 11.1 Å². The van der Waals surface area contributed by atoms with Crippen LogP contribution in [0.5, 0.6) is 0 Å². The first-order valence-electron chi connectivity index (χ1n) is 7.01. The second-order valence-corrected chi connectivity index (χ2v) is 5.84. The zero-order valence-electron chi connectivity index (χ0n) is 12.3. The third-order valence-electron chi connectivity index (χ3n) is 3.41. The van der Waals surface area contributed by atoms with Crippen LogP contribution in [0.15, 0.2) is 65.4 Å². The molecule has 0 saturated carbocycles. The lowest BCUT2D eigenvalue weighted by Crippen LogP contribution is -2.15. The van der Waals surface area contributed by atoms with Crippen molar-refractivity contribution in [2.24, 2.45) is 0 Å². The number of carbonyl (C=O) groups is 1. The summed E-state index contributed by atoms with van der Waals surface area (Å²) in [5, 5.41) is 2.49. The molecule has 120 valence electrons. The van der Waals surface area contributed by atoms with Gasteiger partial charge in [0.15, 0.2) is 0 Å². The smallest absolute Gasteiger partial charge is 0.261 e. The van der Waals surface area contributed by atoms with Gasteiger partial charge in [-0.3, -0.25) is 9.78 Å². The lowest BCUT2D eigenvalue weighted by atomic mass is 10.1. The van der Waals surface area contributed by atoms with E-state index in [0.29, 0.717) is 5.69 Å². The van der Waals surface area contributed by atoms with E-state index < -0.39 is 23.1 Å². The minimum Gasteiger partial charge on any atom is -0.322 e. The lowest BCUT2D eigenvalue weighted by molar-refractivity contribution is 0.101. The van der Waals surface area contributed by atoms with Crippen molar-refractivity contribution in [1.29, 1.82) is 0 Å². The highest BCUT2D eigenvalue weighted by Crippen LogP contribution is 2.28. The number of amides is 1. The molecule has 1 heterocycles. The Balaban J connectivity index is 1.82. The molecule has 0 aliphatic carbocycles. The third-order valence-corrected chi connectivity index (χ3v) is 4.10. The van der Waals surface area contributed by atoms with Crippen LogP contribution in [0.3, 0.4) is 0 Å². The first-order chi connectivity index (χ1) is 11.6. The van der Waals surface area contributed by atoms with Crippen molar-refractivity contribution < 1.29 is 13.6 Å². The zero-order chi connectivity index (χ0) is 17.1. The topological polar surface area (TPSA) is 42.0 Å². The minimum atomic E-state index is -0.900. The summed E-state index contributed by atoms with van der Waals surface area (Å²) in [5.41, 5.74) is 1.63. The predicted octanol–water partition coefficient (Wildman–Crippen LogP) is 5.04. The summed E-state index contributed by atoms with van der Waals surface area (Å²) in [7, 11) is 0. The number of aromatic nitrogens is 1. The van der Waals surface area contributed by atoms with Crippen LogP contribution in [0.2, 0.25) is 0 Å². The van der Waals surface area contributed by atoms with E-state index in [9.17, 15) is 13.6 Å². The maximum absolute atomic E-state index is 13.6. The molecule has 0 unspecified atom stereocenters. The molecule has 0 atom stereocenters. The normalized spacial score (nSPS) is 10.5. The highest BCUT2D eigenvalue weighted by Gasteiger charge is 2.17. The van der Waals surface area contributed by atoms with Crippen LogP contribution >= 0.6 is 15.9 Å². The molecule has 3 nitrogen and oxygen atoms in total. The highest BCUT2D eigenvalue weighted by atomic mass is 79.9. The highest BCUT2D eigenvalue weighted by molar-refractivity contribution is 9.10. The van der Waals surface area contributed by atoms with E-state index in [2.05, 4.69) is 26.2 Å². The standard InChI is InChI=1S/C18H11BrF2N2O/c19-14-8-9-22-10-13(14)11-4-6-12(7-5-11)23-18(24)17-15(20)2-1-3-16(17)21/h1-10H,(H,23,24). The summed E-state index contributed by atoms with van der Waals surface area (Å²) in [4.78, 5) is 16.1. The van der Waals surface area contributed by atoms with E-state index in [0.717, 1.165) is 27.7 Å². The molecule has 3 rings (SSSR count). The van der Waals surface area contributed by atoms with E-state index in [4.69, 9.17) is 0 Å². The molecular weight excluding hydrogens is 378 g/mol. The largest absolute Gasteiger partial charge is 0.322 e. The Kier molecular flexibility index (Phi) is 4.66. The van der Waals surface area contributed by atoms with Gasteiger partial charge in [-0.15, -0.1) is 0 Å². The van der Waals surface area contributed by atoms with Crippen molar-refractivity contribution in [1.82, 2.24) is 4.98 Å². The van der Waals surface area contributed by atoms with Gasteiger partial charge in [0, 0.05) is 28.1 Å². The first kappa shape index (κ1) is 16.3. The van der Waals surface area contributed by atoms with Crippen molar-refractivity contribution in [2.75, 3.05) is 5.32 Å². The fourth-order valence-corrected chi connectivity index (χ4v) is 2.68. The van der Waals surface area contributed by atoms with Crippen LogP contribution in [-0.2, 0) is 0 Å². The van der Waals surface area contributed by atoms with Gasteiger partial charge in [-0.2, -0.15) is 0 Å². The predicted molar refractivity (Wildman–Crippen MR) is 91.7 cm³/mol. The summed E-state index contributed by atoms with van der Waals surface area (Å²) >= 11 is 3.45. The fraction of sp³-hybridized carbons (Fsp3) is 0. The van der Waals surface area contributed by atoms with E-state index in [1.165, 1.54) is 6.07 Å². The summed E-state index contributed by atoms with van der Waals surface area (Å²) in [6.07, 6.45) is 3.39. The van der Waals surface area contributed by atoms with E-state index in [1.807, 2.05) is 6.07 Å². The number of nitrogens with zero attached hydrogens (tertiary/aromatic N) is 1. The van der Waals surface area contributed by atoms with Gasteiger partial charge >= 0.3 is 0 Å². The number of halogens is 3. The molecule has 0 bridgehead atoms. The average Bonchev–Trinajstić information content (AvgIpc) is 2.56. The number of anilines is 1. The maximum atomic E-state index is 13.6. The molecule has 0 aliphatic rings. The van der Waals surface area contributed by atoms with Crippen molar-refractivity contribution in [2.45, 2.75) is 0 Å². The van der Waals surface area contributed by atoms with Crippen LogP contribution in [0, 0.1) is 11.6 Å². The van der Waals surface area contributed by atoms with Crippen LogP contribution in [0.1, 0.15) is 10.4 Å². The number of carbonyl (C=O) groups excluding carboxylic acids is 1. The second kappa shape index (κ2) is 6.88. The van der Waals surface area contributed by atoms with Gasteiger partial charge in [0.05, 0.1) is 0 Å². The molecule has 6 heteroatoms. The van der Waals surface area contributed by atoms with Crippen molar-refractivity contribution in [3.63, 3.8) is 0 Å². The summed E-state index contributed by atoms with van der Waals surface area (Å²) < 4.78 is 28.1. The number of hydrogen-bond donors (Lipinski definition) is 1. The zero-order valence-corrected chi connectivity index (χ0v) is 13.8. The maximum Gasteiger partial charge on any atom is 0.261 e. The Morgan fingerprint density at radius 2 is 1.67 bits per heavy atom. The van der Waals surface area contributed by atoms with E-state index >= 15 is 0 Å². The Bertz CT molecular complexity index is 878. The molecule has 24 heavy (non-hydrogen) atoms. The van der Waals surface area contributed by atoms with Gasteiger partial charge in [-0.05, 0) is 35.9 Å². The van der Waals surface area contributed by atoms with Crippen molar-refractivity contribution >= 4 is 27.5 Å². The molecule has 1 amide bonds. The Labute approximate surface area is 145 Å². The van der Waals surface area contributed by atoms with Gasteiger partial charge in [0.1, 0.15) is 17.2 Å². The molecular formula is C18H11BrF2N2O. The molecule has 0 fully saturated rings. The SMILES string of the molecule is O=C(Nc1ccc(-c2cnccc2Br)cc1)c1c(F)cccc1F. The van der Waals surface area contributed by atoms with Gasteiger partial charge in [0.2, 0.25) is 0 Å².